The summed E-state index contributed by atoms with van der Waals surface area (Å²) < 4.78 is 13.4. The lowest BCUT2D eigenvalue weighted by Crippen LogP contribution is -2.38. The molecule has 2 aliphatic rings. The van der Waals surface area contributed by atoms with Gasteiger partial charge in [-0.3, -0.25) is 4.79 Å². The molecule has 1 saturated heterocycles. The van der Waals surface area contributed by atoms with Gasteiger partial charge in [0.1, 0.15) is 5.82 Å². The van der Waals surface area contributed by atoms with Crippen molar-refractivity contribution in [2.24, 2.45) is 5.92 Å². The van der Waals surface area contributed by atoms with Crippen LogP contribution in [0.3, 0.4) is 0 Å². The van der Waals surface area contributed by atoms with Gasteiger partial charge < -0.3 is 10.0 Å². The Kier molecular flexibility index (Phi) is 3.66. The van der Waals surface area contributed by atoms with Crippen LogP contribution >= 0.6 is 0 Å². The molecule has 0 bridgehead atoms. The van der Waals surface area contributed by atoms with Gasteiger partial charge in [-0.15, -0.1) is 0 Å². The van der Waals surface area contributed by atoms with E-state index in [1.165, 1.54) is 12.1 Å². The predicted molar refractivity (Wildman–Crippen MR) is 74.6 cm³/mol. The maximum atomic E-state index is 13.4. The zero-order valence-corrected chi connectivity index (χ0v) is 11.7. The molecule has 1 aliphatic heterocycles. The van der Waals surface area contributed by atoms with E-state index < -0.39 is 11.8 Å². The number of amides is 1. The minimum atomic E-state index is -1.24. The van der Waals surface area contributed by atoms with Crippen LogP contribution in [-0.4, -0.2) is 35.0 Å². The Balaban J connectivity index is 1.67. The number of hydrogen-bond acceptors (Lipinski definition) is 2. The number of carbonyl (C=O) groups excluding carboxylic acids is 1. The molecule has 1 amide bonds. The second kappa shape index (κ2) is 5.47. The van der Waals surface area contributed by atoms with E-state index in [1.54, 1.807) is 6.07 Å². The SMILES string of the molecule is O=C(O)c1cc(C2CCN(C(=O)C3CC3)CC2)ccc1F. The number of aromatic carboxylic acids is 1. The number of hydrogen-bond donors (Lipinski definition) is 1. The number of piperidine rings is 1. The van der Waals surface area contributed by atoms with Crippen molar-refractivity contribution in [1.82, 2.24) is 4.90 Å². The van der Waals surface area contributed by atoms with E-state index in [0.717, 1.165) is 31.2 Å². The quantitative estimate of drug-likeness (QED) is 0.931. The zero-order chi connectivity index (χ0) is 15.0. The first kappa shape index (κ1) is 14.0. The third-order valence-corrected chi connectivity index (χ3v) is 4.43. The molecule has 2 fully saturated rings. The van der Waals surface area contributed by atoms with Gasteiger partial charge in [-0.1, -0.05) is 6.07 Å². The van der Waals surface area contributed by atoms with Crippen LogP contribution in [0.1, 0.15) is 47.5 Å². The Bertz CT molecular complexity index is 575. The highest BCUT2D eigenvalue weighted by molar-refractivity contribution is 5.88. The van der Waals surface area contributed by atoms with Crippen LogP contribution in [0.25, 0.3) is 0 Å². The molecule has 112 valence electrons. The molecule has 1 aliphatic carbocycles. The van der Waals surface area contributed by atoms with Crippen molar-refractivity contribution < 1.29 is 19.1 Å². The molecule has 1 aromatic carbocycles. The summed E-state index contributed by atoms with van der Waals surface area (Å²) >= 11 is 0. The predicted octanol–water partition coefficient (Wildman–Crippen LogP) is 2.64. The minimum Gasteiger partial charge on any atom is -0.478 e. The molecule has 4 nitrogen and oxygen atoms in total. The Morgan fingerprint density at radius 2 is 1.81 bits per heavy atom. The standard InChI is InChI=1S/C16H18FNO3/c17-14-4-3-12(9-13(14)16(20)21)10-5-7-18(8-6-10)15(19)11-1-2-11/h3-4,9-11H,1-2,5-8H2,(H,20,21). The fourth-order valence-electron chi connectivity index (χ4n) is 2.98. The van der Waals surface area contributed by atoms with Crippen LogP contribution in [0.2, 0.25) is 0 Å². The van der Waals surface area contributed by atoms with Gasteiger partial charge >= 0.3 is 5.97 Å². The van der Waals surface area contributed by atoms with Crippen molar-refractivity contribution in [3.8, 4) is 0 Å². The molecule has 21 heavy (non-hydrogen) atoms. The first-order valence-corrected chi connectivity index (χ1v) is 7.38. The number of nitrogens with zero attached hydrogens (tertiary/aromatic N) is 1. The molecule has 1 N–H and O–H groups in total. The number of rotatable bonds is 3. The number of carboxylic acids is 1. The summed E-state index contributed by atoms with van der Waals surface area (Å²) in [6, 6.07) is 4.31. The third-order valence-electron chi connectivity index (χ3n) is 4.43. The van der Waals surface area contributed by atoms with Crippen molar-refractivity contribution in [2.75, 3.05) is 13.1 Å². The second-order valence-corrected chi connectivity index (χ2v) is 5.92. The number of benzene rings is 1. The first-order valence-electron chi connectivity index (χ1n) is 7.38. The van der Waals surface area contributed by atoms with E-state index in [2.05, 4.69) is 0 Å². The summed E-state index contributed by atoms with van der Waals surface area (Å²) in [4.78, 5) is 24.9. The second-order valence-electron chi connectivity index (χ2n) is 5.92. The highest BCUT2D eigenvalue weighted by atomic mass is 19.1. The number of likely N-dealkylation sites (tertiary alicyclic amines) is 1. The molecule has 0 spiro atoms. The van der Waals surface area contributed by atoms with Crippen LogP contribution < -0.4 is 0 Å². The average molecular weight is 291 g/mol. The molecular formula is C16H18FNO3. The summed E-state index contributed by atoms with van der Waals surface area (Å²) in [5.41, 5.74) is 0.580. The Hall–Kier alpha value is -1.91. The molecule has 1 saturated carbocycles. The van der Waals surface area contributed by atoms with Gasteiger partial charge in [-0.2, -0.15) is 0 Å². The summed E-state index contributed by atoms with van der Waals surface area (Å²) in [7, 11) is 0. The molecular weight excluding hydrogens is 273 g/mol. The maximum Gasteiger partial charge on any atom is 0.338 e. The highest BCUT2D eigenvalue weighted by Gasteiger charge is 2.35. The lowest BCUT2D eigenvalue weighted by Gasteiger charge is -2.32. The lowest BCUT2D eigenvalue weighted by atomic mass is 9.88. The van der Waals surface area contributed by atoms with Gasteiger partial charge in [-0.25, -0.2) is 9.18 Å². The van der Waals surface area contributed by atoms with Gasteiger partial charge in [-0.05, 0) is 49.3 Å². The van der Waals surface area contributed by atoms with Gasteiger partial charge in [0, 0.05) is 19.0 Å². The zero-order valence-electron chi connectivity index (χ0n) is 11.7. The van der Waals surface area contributed by atoms with E-state index in [-0.39, 0.29) is 23.3 Å². The minimum absolute atomic E-state index is 0.201. The van der Waals surface area contributed by atoms with Crippen LogP contribution in [0.4, 0.5) is 4.39 Å². The number of carboxylic acid groups (broad SMARTS) is 1. The number of carbonyl (C=O) groups is 2. The van der Waals surface area contributed by atoms with Gasteiger partial charge in [0.15, 0.2) is 0 Å². The number of halogens is 1. The average Bonchev–Trinajstić information content (AvgIpc) is 3.31. The van der Waals surface area contributed by atoms with Crippen LogP contribution in [0.15, 0.2) is 18.2 Å². The summed E-state index contributed by atoms with van der Waals surface area (Å²) in [6.07, 6.45) is 3.64. The Morgan fingerprint density at radius 1 is 1.14 bits per heavy atom. The van der Waals surface area contributed by atoms with E-state index in [0.29, 0.717) is 13.1 Å². The molecule has 3 rings (SSSR count). The molecule has 1 aromatic rings. The van der Waals surface area contributed by atoms with E-state index >= 15 is 0 Å². The van der Waals surface area contributed by atoms with Crippen LogP contribution in [-0.2, 0) is 4.79 Å². The molecule has 5 heteroatoms. The smallest absolute Gasteiger partial charge is 0.338 e. The molecule has 1 heterocycles. The van der Waals surface area contributed by atoms with Crippen molar-refractivity contribution in [3.05, 3.63) is 35.1 Å². The first-order chi connectivity index (χ1) is 10.1. The topological polar surface area (TPSA) is 57.6 Å². The fourth-order valence-corrected chi connectivity index (χ4v) is 2.98. The summed E-state index contributed by atoms with van der Waals surface area (Å²) in [5, 5.41) is 8.98. The maximum absolute atomic E-state index is 13.4. The monoisotopic (exact) mass is 291 g/mol. The largest absolute Gasteiger partial charge is 0.478 e. The third kappa shape index (κ3) is 2.91. The van der Waals surface area contributed by atoms with Crippen molar-refractivity contribution in [3.63, 3.8) is 0 Å². The summed E-state index contributed by atoms with van der Waals surface area (Å²) in [5.74, 6) is -1.24. The molecule has 0 unspecified atom stereocenters. The van der Waals surface area contributed by atoms with Gasteiger partial charge in [0.2, 0.25) is 5.91 Å². The van der Waals surface area contributed by atoms with Gasteiger partial charge in [0.05, 0.1) is 5.56 Å². The van der Waals surface area contributed by atoms with E-state index in [4.69, 9.17) is 5.11 Å². The molecule has 0 atom stereocenters. The Morgan fingerprint density at radius 3 is 2.38 bits per heavy atom. The van der Waals surface area contributed by atoms with Crippen molar-refractivity contribution in [1.29, 1.82) is 0 Å². The Labute approximate surface area is 122 Å². The van der Waals surface area contributed by atoms with E-state index in [1.807, 2.05) is 4.90 Å². The fraction of sp³-hybridized carbons (Fsp3) is 0.500. The summed E-state index contributed by atoms with van der Waals surface area (Å²) in [6.45, 7) is 1.42. The highest BCUT2D eigenvalue weighted by Crippen LogP contribution is 2.34. The van der Waals surface area contributed by atoms with Gasteiger partial charge in [0.25, 0.3) is 0 Å². The molecule has 0 aromatic heterocycles. The van der Waals surface area contributed by atoms with Crippen LogP contribution in [0.5, 0.6) is 0 Å². The van der Waals surface area contributed by atoms with Crippen LogP contribution in [0, 0.1) is 11.7 Å². The molecule has 0 radical (unpaired) electrons. The van der Waals surface area contributed by atoms with E-state index in [9.17, 15) is 14.0 Å². The normalized spacial score (nSPS) is 19.6. The lowest BCUT2D eigenvalue weighted by molar-refractivity contribution is -0.133. The van der Waals surface area contributed by atoms with Crippen molar-refractivity contribution >= 4 is 11.9 Å². The van der Waals surface area contributed by atoms with Crippen molar-refractivity contribution in [2.45, 2.75) is 31.6 Å².